The first kappa shape index (κ1) is 16.6. The van der Waals surface area contributed by atoms with E-state index in [0.717, 1.165) is 37.9 Å². The molecule has 0 saturated carbocycles. The van der Waals surface area contributed by atoms with Crippen molar-refractivity contribution in [2.24, 2.45) is 0 Å². The summed E-state index contributed by atoms with van der Waals surface area (Å²) in [6.45, 7) is 2.68. The van der Waals surface area contributed by atoms with Crippen LogP contribution in [0.1, 0.15) is 40.0 Å². The summed E-state index contributed by atoms with van der Waals surface area (Å²) in [5.74, 6) is 1.23. The Balaban J connectivity index is 1.65. The Morgan fingerprint density at radius 3 is 2.73 bits per heavy atom. The van der Waals surface area contributed by atoms with Crippen LogP contribution in [0.5, 0.6) is 5.75 Å². The maximum Gasteiger partial charge on any atom is 0.255 e. The Kier molecular flexibility index (Phi) is 4.56. The molecule has 0 spiro atoms. The summed E-state index contributed by atoms with van der Waals surface area (Å²) < 4.78 is 5.76. The minimum atomic E-state index is 0.00835. The zero-order valence-corrected chi connectivity index (χ0v) is 14.6. The van der Waals surface area contributed by atoms with Crippen molar-refractivity contribution in [1.29, 1.82) is 0 Å². The highest BCUT2D eigenvalue weighted by atomic mass is 16.5. The van der Waals surface area contributed by atoms with Gasteiger partial charge in [0.2, 0.25) is 0 Å². The van der Waals surface area contributed by atoms with Gasteiger partial charge in [-0.3, -0.25) is 9.59 Å². The van der Waals surface area contributed by atoms with Gasteiger partial charge in [0.05, 0.1) is 17.8 Å². The van der Waals surface area contributed by atoms with Crippen molar-refractivity contribution >= 4 is 23.7 Å². The summed E-state index contributed by atoms with van der Waals surface area (Å²) >= 11 is 0. The summed E-state index contributed by atoms with van der Waals surface area (Å²) in [5.41, 5.74) is 1.96. The summed E-state index contributed by atoms with van der Waals surface area (Å²) in [6, 6.07) is 9.18. The molecule has 6 heteroatoms. The number of aromatic nitrogens is 1. The van der Waals surface area contributed by atoms with E-state index in [1.165, 1.54) is 6.42 Å². The highest BCUT2D eigenvalue weighted by Gasteiger charge is 2.25. The fraction of sp³-hybridized carbons (Fsp3) is 0.350. The lowest BCUT2D eigenvalue weighted by molar-refractivity contribution is 0.0723. The molecule has 1 fully saturated rings. The van der Waals surface area contributed by atoms with E-state index in [9.17, 15) is 9.59 Å². The van der Waals surface area contributed by atoms with Crippen LogP contribution < -0.4 is 9.64 Å². The summed E-state index contributed by atoms with van der Waals surface area (Å²) in [4.78, 5) is 32.4. The van der Waals surface area contributed by atoms with Gasteiger partial charge in [-0.2, -0.15) is 0 Å². The highest BCUT2D eigenvalue weighted by molar-refractivity contribution is 5.95. The van der Waals surface area contributed by atoms with E-state index in [-0.39, 0.29) is 5.91 Å². The monoisotopic (exact) mass is 351 g/mol. The number of rotatable bonds is 3. The van der Waals surface area contributed by atoms with Crippen molar-refractivity contribution in [2.45, 2.75) is 19.3 Å². The lowest BCUT2D eigenvalue weighted by Crippen LogP contribution is -2.36. The molecule has 6 nitrogen and oxygen atoms in total. The Hall–Kier alpha value is -2.89. The first-order valence-electron chi connectivity index (χ1n) is 9.02. The molecule has 1 amide bonds. The van der Waals surface area contributed by atoms with Gasteiger partial charge in [0, 0.05) is 24.8 Å². The third-order valence-corrected chi connectivity index (χ3v) is 4.91. The smallest absolute Gasteiger partial charge is 0.255 e. The van der Waals surface area contributed by atoms with Gasteiger partial charge in [-0.15, -0.1) is 0 Å². The largest absolute Gasteiger partial charge is 0.488 e. The van der Waals surface area contributed by atoms with Crippen LogP contribution in [-0.2, 0) is 0 Å². The predicted molar refractivity (Wildman–Crippen MR) is 98.3 cm³/mol. The van der Waals surface area contributed by atoms with Crippen LogP contribution in [0, 0.1) is 0 Å². The maximum absolute atomic E-state index is 12.7. The molecular weight excluding hydrogens is 330 g/mol. The fourth-order valence-corrected chi connectivity index (χ4v) is 3.56. The van der Waals surface area contributed by atoms with Gasteiger partial charge in [0.15, 0.2) is 17.9 Å². The van der Waals surface area contributed by atoms with Crippen LogP contribution in [0.3, 0.4) is 0 Å². The average molecular weight is 351 g/mol. The molecule has 4 rings (SSSR count). The van der Waals surface area contributed by atoms with Gasteiger partial charge >= 0.3 is 0 Å². The summed E-state index contributed by atoms with van der Waals surface area (Å²) in [5, 5.41) is 0. The first-order chi connectivity index (χ1) is 12.8. The maximum atomic E-state index is 12.7. The van der Waals surface area contributed by atoms with Gasteiger partial charge in [0.1, 0.15) is 6.61 Å². The molecule has 1 aromatic carbocycles. The molecule has 134 valence electrons. The number of likely N-dealkylation sites (tertiary alicyclic amines) is 1. The van der Waals surface area contributed by atoms with E-state index in [4.69, 9.17) is 4.74 Å². The summed E-state index contributed by atoms with van der Waals surface area (Å²) in [7, 11) is 0. The first-order valence-corrected chi connectivity index (χ1v) is 9.02. The molecule has 0 bridgehead atoms. The number of carbonyl (C=O) groups is 2. The minimum Gasteiger partial charge on any atom is -0.488 e. The molecule has 2 aromatic rings. The number of anilines is 2. The molecule has 1 aromatic heterocycles. The second kappa shape index (κ2) is 7.15. The van der Waals surface area contributed by atoms with Crippen molar-refractivity contribution in [3.05, 3.63) is 47.7 Å². The molecule has 2 aliphatic heterocycles. The molecule has 0 aliphatic carbocycles. The molecule has 26 heavy (non-hydrogen) atoms. The lowest BCUT2D eigenvalue weighted by Gasteiger charge is -2.31. The van der Waals surface area contributed by atoms with Gasteiger partial charge in [-0.05, 0) is 37.5 Å². The van der Waals surface area contributed by atoms with E-state index in [1.54, 1.807) is 18.3 Å². The third-order valence-electron chi connectivity index (χ3n) is 4.91. The van der Waals surface area contributed by atoms with Crippen LogP contribution in [0.2, 0.25) is 0 Å². The van der Waals surface area contributed by atoms with Crippen molar-refractivity contribution in [3.63, 3.8) is 0 Å². The number of benzene rings is 1. The second-order valence-electron chi connectivity index (χ2n) is 6.58. The molecule has 0 radical (unpaired) electrons. The number of ether oxygens (including phenoxy) is 1. The number of aldehydes is 1. The van der Waals surface area contributed by atoms with Gasteiger partial charge in [-0.1, -0.05) is 12.1 Å². The standard InChI is InChI=1S/C20H21N3O3/c24-14-15-6-2-3-7-17(15)23-10-11-26-18-12-16(13-21-19(18)23)20(25)22-8-4-1-5-9-22/h2-3,6-7,12-14H,1,4-5,8-11H2. The Morgan fingerprint density at radius 2 is 1.92 bits per heavy atom. The van der Waals surface area contributed by atoms with Crippen LogP contribution in [-0.4, -0.2) is 48.3 Å². The molecule has 0 atom stereocenters. The zero-order chi connectivity index (χ0) is 17.9. The highest BCUT2D eigenvalue weighted by Crippen LogP contribution is 2.36. The number of para-hydroxylation sites is 1. The zero-order valence-electron chi connectivity index (χ0n) is 14.6. The van der Waals surface area contributed by atoms with Crippen molar-refractivity contribution in [2.75, 3.05) is 31.1 Å². The lowest BCUT2D eigenvalue weighted by atomic mass is 10.1. The summed E-state index contributed by atoms with van der Waals surface area (Å²) in [6.07, 6.45) is 5.74. The predicted octanol–water partition coefficient (Wildman–Crippen LogP) is 3.05. The quantitative estimate of drug-likeness (QED) is 0.796. The Labute approximate surface area is 152 Å². The minimum absolute atomic E-state index is 0.00835. The molecule has 1 saturated heterocycles. The normalized spacial score (nSPS) is 16.6. The van der Waals surface area contributed by atoms with Crippen molar-refractivity contribution in [3.8, 4) is 5.75 Å². The van der Waals surface area contributed by atoms with Crippen LogP contribution >= 0.6 is 0 Å². The van der Waals surface area contributed by atoms with Crippen LogP contribution in [0.25, 0.3) is 0 Å². The van der Waals surface area contributed by atoms with Gasteiger partial charge in [-0.25, -0.2) is 4.98 Å². The number of amides is 1. The Morgan fingerprint density at radius 1 is 1.12 bits per heavy atom. The number of fused-ring (bicyclic) bond motifs is 1. The van der Waals surface area contributed by atoms with E-state index < -0.39 is 0 Å². The SMILES string of the molecule is O=Cc1ccccc1N1CCOc2cc(C(=O)N3CCCCC3)cnc21. The topological polar surface area (TPSA) is 62.7 Å². The second-order valence-corrected chi connectivity index (χ2v) is 6.58. The van der Waals surface area contributed by atoms with Crippen LogP contribution in [0.4, 0.5) is 11.5 Å². The van der Waals surface area contributed by atoms with E-state index >= 15 is 0 Å². The molecule has 2 aliphatic rings. The van der Waals surface area contributed by atoms with E-state index in [0.29, 0.717) is 35.8 Å². The Bertz CT molecular complexity index is 831. The number of hydrogen-bond donors (Lipinski definition) is 0. The van der Waals surface area contributed by atoms with E-state index in [2.05, 4.69) is 4.98 Å². The fourth-order valence-electron chi connectivity index (χ4n) is 3.56. The number of piperidine rings is 1. The molecular formula is C20H21N3O3. The number of hydrogen-bond acceptors (Lipinski definition) is 5. The number of carbonyl (C=O) groups excluding carboxylic acids is 2. The van der Waals surface area contributed by atoms with E-state index in [1.807, 2.05) is 28.0 Å². The molecule has 0 N–H and O–H groups in total. The number of pyridine rings is 1. The van der Waals surface area contributed by atoms with Crippen molar-refractivity contribution in [1.82, 2.24) is 9.88 Å². The van der Waals surface area contributed by atoms with Gasteiger partial charge in [0.25, 0.3) is 5.91 Å². The number of nitrogens with zero attached hydrogens (tertiary/aromatic N) is 3. The average Bonchev–Trinajstić information content (AvgIpc) is 2.73. The third kappa shape index (κ3) is 3.03. The van der Waals surface area contributed by atoms with Gasteiger partial charge < -0.3 is 14.5 Å². The molecule has 3 heterocycles. The van der Waals surface area contributed by atoms with Crippen molar-refractivity contribution < 1.29 is 14.3 Å². The van der Waals surface area contributed by atoms with Crippen LogP contribution in [0.15, 0.2) is 36.5 Å². The molecule has 0 unspecified atom stereocenters.